The van der Waals surface area contributed by atoms with Crippen LogP contribution in [0.3, 0.4) is 0 Å². The number of rotatable bonds is 18. The van der Waals surface area contributed by atoms with Gasteiger partial charge >= 0.3 is 0 Å². The van der Waals surface area contributed by atoms with Crippen molar-refractivity contribution in [2.75, 3.05) is 6.67 Å². The quantitative estimate of drug-likeness (QED) is 0.0799. The summed E-state index contributed by atoms with van der Waals surface area (Å²) in [6.07, 6.45) is 17.5. The number of hydrogen-bond acceptors (Lipinski definition) is 14. The molecule has 0 unspecified atom stereocenters. The molecule has 0 aliphatic carbocycles. The molecule has 374 valence electrons. The lowest BCUT2D eigenvalue weighted by molar-refractivity contribution is 0.593. The smallest absolute Gasteiger partial charge is 0.130 e. The van der Waals surface area contributed by atoms with E-state index in [2.05, 4.69) is 135 Å². The highest BCUT2D eigenvalue weighted by Gasteiger charge is 2.26. The zero-order chi connectivity index (χ0) is 50.1. The number of nitrogens with zero attached hydrogens (tertiary/aromatic N) is 8. The van der Waals surface area contributed by atoms with E-state index in [0.29, 0.717) is 6.67 Å². The third-order valence-electron chi connectivity index (χ3n) is 13.1. The Labute approximate surface area is 452 Å². The maximum Gasteiger partial charge on any atom is 0.130 e. The second-order valence-corrected chi connectivity index (χ2v) is 26.0. The van der Waals surface area contributed by atoms with Crippen LogP contribution in [-0.4, -0.2) is 25.4 Å². The summed E-state index contributed by atoms with van der Waals surface area (Å²) >= 11 is 11.7. The zero-order valence-corrected chi connectivity index (χ0v) is 48.5. The van der Waals surface area contributed by atoms with Crippen molar-refractivity contribution < 1.29 is 0 Å². The van der Waals surface area contributed by atoms with E-state index in [1.54, 1.807) is 0 Å². The highest BCUT2D eigenvalue weighted by atomic mass is 32.1. The Hall–Kier alpha value is -4.48. The number of benzene rings is 2. The summed E-state index contributed by atoms with van der Waals surface area (Å²) in [6.45, 7) is 17.9. The van der Waals surface area contributed by atoms with Gasteiger partial charge in [0.05, 0.1) is 54.9 Å². The normalized spacial score (nSPS) is 12.3. The summed E-state index contributed by atoms with van der Waals surface area (Å²) in [6, 6.07) is 21.8. The van der Waals surface area contributed by atoms with Crippen molar-refractivity contribution in [1.82, 2.24) is 18.7 Å². The lowest BCUT2D eigenvalue weighted by Gasteiger charge is -2.15. The summed E-state index contributed by atoms with van der Waals surface area (Å²) in [5, 5.41) is 2.18. The minimum absolute atomic E-state index is 0.612. The van der Waals surface area contributed by atoms with E-state index in [9.17, 15) is 0 Å². The van der Waals surface area contributed by atoms with Crippen molar-refractivity contribution >= 4 is 113 Å². The van der Waals surface area contributed by atoms with E-state index in [1.165, 1.54) is 171 Å². The first-order valence-electron chi connectivity index (χ1n) is 25.6. The van der Waals surface area contributed by atoms with Gasteiger partial charge in [0, 0.05) is 50.1 Å². The molecule has 2 aliphatic heterocycles. The number of aromatic nitrogens is 4. The van der Waals surface area contributed by atoms with Crippen molar-refractivity contribution in [2.45, 2.75) is 145 Å². The maximum absolute atomic E-state index is 5.53. The van der Waals surface area contributed by atoms with E-state index in [0.717, 1.165) is 68.1 Å². The van der Waals surface area contributed by atoms with Crippen LogP contribution < -0.4 is 10.7 Å². The fourth-order valence-corrected chi connectivity index (χ4v) is 15.4. The molecular formula is C57H64N8S7. The van der Waals surface area contributed by atoms with E-state index < -0.39 is 0 Å². The monoisotopic (exact) mass is 1080 g/mol. The van der Waals surface area contributed by atoms with Crippen LogP contribution in [0.25, 0.3) is 62.5 Å². The van der Waals surface area contributed by atoms with Crippen molar-refractivity contribution in [3.8, 4) is 40.4 Å². The predicted molar refractivity (Wildman–Crippen MR) is 316 cm³/mol. The zero-order valence-electron chi connectivity index (χ0n) is 42.8. The van der Waals surface area contributed by atoms with Gasteiger partial charge in [-0.2, -0.15) is 17.5 Å². The standard InChI is InChI=1S/C34H44N4S3.C14H10N2S4.C9H10N2/c1-5-7-9-11-13-15-17-25-26(18-16-14-12-10-8-6-2)36-32-30(28-22-20-24(4)40-28)34-33(37-41-38-34)29(31(32)35-25)27-21-19-23(3)39-27;1-7-3-5-9(17-7)13-11-12(16-20-15-11)14(19-13)10-6-4-8(2)18-10;1-6-3-4-7(2)9-8(6)10-5-11-9/h19-22H,5-18H2,1-4H3;3-6H,1-2H3;3-4H,5H2,1-2H3. The molecule has 9 heterocycles. The van der Waals surface area contributed by atoms with Crippen molar-refractivity contribution in [3.05, 3.63) is 113 Å². The first-order valence-corrected chi connectivity index (χ1v) is 31.1. The maximum atomic E-state index is 5.53. The van der Waals surface area contributed by atoms with Gasteiger partial charge in [-0.3, -0.25) is 9.98 Å². The van der Waals surface area contributed by atoms with Crippen LogP contribution in [0.5, 0.6) is 0 Å². The third-order valence-corrected chi connectivity index (χ3v) is 19.7. The molecule has 0 bridgehead atoms. The molecule has 2 aliphatic rings. The van der Waals surface area contributed by atoms with E-state index in [4.69, 9.17) is 18.7 Å². The van der Waals surface area contributed by atoms with Gasteiger partial charge < -0.3 is 0 Å². The Morgan fingerprint density at radius 3 is 1.19 bits per heavy atom. The van der Waals surface area contributed by atoms with Crippen LogP contribution in [0, 0.1) is 41.5 Å². The fourth-order valence-electron chi connectivity index (χ4n) is 9.23. The number of thiophene rings is 5. The second kappa shape index (κ2) is 24.7. The summed E-state index contributed by atoms with van der Waals surface area (Å²) in [4.78, 5) is 32.4. The largest absolute Gasteiger partial charge is 0.259 e. The molecule has 0 saturated carbocycles. The molecular weight excluding hydrogens is 1020 g/mol. The topological polar surface area (TPSA) is 101 Å². The van der Waals surface area contributed by atoms with Gasteiger partial charge in [0.2, 0.25) is 0 Å². The van der Waals surface area contributed by atoms with Crippen LogP contribution >= 0.6 is 68.4 Å². The number of unbranched alkanes of at least 4 members (excludes halogenated alkanes) is 10. The minimum Gasteiger partial charge on any atom is -0.259 e. The molecule has 0 spiro atoms. The molecule has 9 aromatic rings. The Kier molecular flexibility index (Phi) is 18.0. The average Bonchev–Trinajstić information content (AvgIpc) is 4.22. The summed E-state index contributed by atoms with van der Waals surface area (Å²) in [5.41, 5.74) is 13.1. The van der Waals surface area contributed by atoms with E-state index >= 15 is 0 Å². The summed E-state index contributed by atoms with van der Waals surface area (Å²) in [5.74, 6) is 0. The summed E-state index contributed by atoms with van der Waals surface area (Å²) < 4.78 is 18.7. The van der Waals surface area contributed by atoms with Gasteiger partial charge in [0.25, 0.3) is 0 Å². The predicted octanol–water partition coefficient (Wildman–Crippen LogP) is 18.6. The van der Waals surface area contributed by atoms with Gasteiger partial charge in [-0.25, -0.2) is 9.97 Å². The van der Waals surface area contributed by atoms with E-state index in [1.807, 2.05) is 56.7 Å². The molecule has 0 saturated heterocycles. The Bertz CT molecular complexity index is 3300. The van der Waals surface area contributed by atoms with E-state index in [-0.39, 0.29) is 0 Å². The summed E-state index contributed by atoms with van der Waals surface area (Å²) in [7, 11) is 0. The first-order chi connectivity index (χ1) is 35.1. The highest BCUT2D eigenvalue weighted by Crippen LogP contribution is 2.56. The van der Waals surface area contributed by atoms with Crippen molar-refractivity contribution in [2.24, 2.45) is 18.7 Å². The Morgan fingerprint density at radius 2 is 0.806 bits per heavy atom. The second-order valence-electron chi connectivity index (χ2n) is 18.8. The lowest BCUT2D eigenvalue weighted by Crippen LogP contribution is -2.26. The number of fused-ring (bicyclic) bond motifs is 4. The molecule has 8 nitrogen and oxygen atoms in total. The number of hydrogen-bond donors (Lipinski definition) is 0. The molecule has 15 heteroatoms. The third kappa shape index (κ3) is 12.0. The molecule has 72 heavy (non-hydrogen) atoms. The highest BCUT2D eigenvalue weighted by molar-refractivity contribution is 7.58. The molecule has 11 rings (SSSR count). The minimum atomic E-state index is 0.612. The SMILES string of the molecule is CCCCCCCCc1nc2c(-c3ccc(C)s3)c3nsnc3c(-c3ccc(C)s3)c2nc1CCCCCCCC.Cc1ccc(-c2sc(-c3ccc(C)s3)c3c2N=S=N3)s1.Cc1ccc(C)c2c1=NCN=2. The molecule has 2 aromatic carbocycles. The Balaban J connectivity index is 0.000000167. The van der Waals surface area contributed by atoms with Crippen molar-refractivity contribution in [1.29, 1.82) is 0 Å². The first kappa shape index (κ1) is 52.4. The van der Waals surface area contributed by atoms with Crippen LogP contribution in [0.4, 0.5) is 11.4 Å². The van der Waals surface area contributed by atoms with Gasteiger partial charge in [0.1, 0.15) is 40.1 Å². The lowest BCUT2D eigenvalue weighted by atomic mass is 9.99. The van der Waals surface area contributed by atoms with Crippen molar-refractivity contribution in [3.63, 3.8) is 0 Å². The molecule has 0 N–H and O–H groups in total. The molecule has 0 radical (unpaired) electrons. The number of aryl methyl sites for hydroxylation is 8. The van der Waals surface area contributed by atoms with Crippen LogP contribution in [-0.2, 0) is 24.2 Å². The van der Waals surface area contributed by atoms with Crippen LogP contribution in [0.2, 0.25) is 0 Å². The fraction of sp³-hybridized carbons (Fsp3) is 0.404. The van der Waals surface area contributed by atoms with Gasteiger partial charge in [0.15, 0.2) is 0 Å². The average molecular weight is 1090 g/mol. The van der Waals surface area contributed by atoms with Gasteiger partial charge in [-0.1, -0.05) is 90.2 Å². The van der Waals surface area contributed by atoms with Gasteiger partial charge in [-0.15, -0.1) is 56.7 Å². The Morgan fingerprint density at radius 1 is 0.417 bits per heavy atom. The van der Waals surface area contributed by atoms with Crippen LogP contribution in [0.15, 0.2) is 79.4 Å². The molecule has 0 fully saturated rings. The molecule has 0 atom stereocenters. The molecule has 7 aromatic heterocycles. The van der Waals surface area contributed by atoms with Gasteiger partial charge in [-0.05, 0) is 127 Å². The molecule has 0 amide bonds. The van der Waals surface area contributed by atoms with Crippen LogP contribution in [0.1, 0.15) is 133 Å².